The number of hydrogen-bond donors (Lipinski definition) is 6. The van der Waals surface area contributed by atoms with E-state index in [0.717, 1.165) is 8.95 Å². The minimum absolute atomic E-state index is 0.225. The molecule has 1 amide bonds. The molecule has 2 rings (SSSR count). The van der Waals surface area contributed by atoms with Gasteiger partial charge in [-0.1, -0.05) is 56.1 Å². The van der Waals surface area contributed by atoms with E-state index in [1.54, 1.807) is 36.4 Å². The Bertz CT molecular complexity index is 744. The molecule has 7 nitrogen and oxygen atoms in total. The van der Waals surface area contributed by atoms with Gasteiger partial charge in [0, 0.05) is 15.9 Å². The van der Waals surface area contributed by atoms with Crippen molar-refractivity contribution in [2.75, 3.05) is 13.2 Å². The number of rotatable bonds is 7. The highest BCUT2D eigenvalue weighted by molar-refractivity contribution is 9.10. The molecule has 0 fully saturated rings. The van der Waals surface area contributed by atoms with Gasteiger partial charge in [-0.05, 0) is 35.4 Å². The normalized spacial score (nSPS) is 14.8. The lowest BCUT2D eigenvalue weighted by Crippen LogP contribution is -2.40. The fourth-order valence-corrected chi connectivity index (χ4v) is 2.91. The molecule has 0 heterocycles. The minimum Gasteiger partial charge on any atom is -0.395 e. The van der Waals surface area contributed by atoms with E-state index in [9.17, 15) is 15.0 Å². The second kappa shape index (κ2) is 13.1. The van der Waals surface area contributed by atoms with E-state index in [1.807, 2.05) is 12.1 Å². The molecule has 9 heteroatoms. The number of carbonyl (C=O) groups is 1. The van der Waals surface area contributed by atoms with E-state index in [4.69, 9.17) is 15.9 Å². The Hall–Kier alpha value is -1.33. The van der Waals surface area contributed by atoms with Crippen LogP contribution in [-0.2, 0) is 4.79 Å². The predicted molar refractivity (Wildman–Crippen MR) is 118 cm³/mol. The zero-order valence-corrected chi connectivity index (χ0v) is 19.0. The van der Waals surface area contributed by atoms with E-state index >= 15 is 0 Å². The number of nitrogens with one attached hydrogen (secondary N) is 1. The average molecular weight is 534 g/mol. The van der Waals surface area contributed by atoms with Crippen molar-refractivity contribution in [2.45, 2.75) is 31.2 Å². The van der Waals surface area contributed by atoms with Gasteiger partial charge in [-0.3, -0.25) is 4.79 Å². The Labute approximate surface area is 186 Å². The van der Waals surface area contributed by atoms with Crippen LogP contribution in [-0.4, -0.2) is 51.6 Å². The van der Waals surface area contributed by atoms with Gasteiger partial charge >= 0.3 is 0 Å². The van der Waals surface area contributed by atoms with Crippen molar-refractivity contribution in [3.63, 3.8) is 0 Å². The number of carbonyl (C=O) groups excluding carboxylic acids is 1. The van der Waals surface area contributed by atoms with Gasteiger partial charge < -0.3 is 31.5 Å². The van der Waals surface area contributed by atoms with Crippen LogP contribution < -0.4 is 11.1 Å². The zero-order chi connectivity index (χ0) is 22.0. The summed E-state index contributed by atoms with van der Waals surface area (Å²) in [5, 5.41) is 39.8. The molecule has 0 saturated carbocycles. The van der Waals surface area contributed by atoms with Crippen LogP contribution in [0.25, 0.3) is 0 Å². The standard InChI is InChI=1S/C11H14BrNO3.C9H12BrNO2/c1-7(15)13-10(6-14)11(16)8-2-4-9(12)5-3-8;10-7-3-1-6(2-4-7)9(13)8(11)5-12/h2-5,10-11,14,16H,6H2,1H3,(H,13,15);1-4,8-9,12-13H,5,11H2/t10-,11-;8-,9-/m11/s1. The van der Waals surface area contributed by atoms with Crippen LogP contribution in [0.15, 0.2) is 57.5 Å². The largest absolute Gasteiger partial charge is 0.395 e. The smallest absolute Gasteiger partial charge is 0.217 e. The van der Waals surface area contributed by atoms with Gasteiger partial charge in [-0.15, -0.1) is 0 Å². The second-order valence-electron chi connectivity index (χ2n) is 6.33. The molecule has 0 aliphatic rings. The summed E-state index contributed by atoms with van der Waals surface area (Å²) in [4.78, 5) is 10.9. The molecular formula is C20H26Br2N2O5. The Morgan fingerprint density at radius 3 is 1.66 bits per heavy atom. The fourth-order valence-electron chi connectivity index (χ4n) is 2.38. The summed E-state index contributed by atoms with van der Waals surface area (Å²) in [7, 11) is 0. The highest BCUT2D eigenvalue weighted by Gasteiger charge is 2.20. The molecule has 160 valence electrons. The molecule has 29 heavy (non-hydrogen) atoms. The van der Waals surface area contributed by atoms with Gasteiger partial charge in [0.25, 0.3) is 0 Å². The number of benzene rings is 2. The monoisotopic (exact) mass is 532 g/mol. The maximum Gasteiger partial charge on any atom is 0.217 e. The first-order valence-electron chi connectivity index (χ1n) is 8.81. The van der Waals surface area contributed by atoms with Crippen LogP contribution in [0, 0.1) is 0 Å². The van der Waals surface area contributed by atoms with Crippen molar-refractivity contribution in [1.29, 1.82) is 0 Å². The van der Waals surface area contributed by atoms with Crippen LogP contribution in [0.5, 0.6) is 0 Å². The predicted octanol–water partition coefficient (Wildman–Crippen LogP) is 1.78. The first-order chi connectivity index (χ1) is 13.7. The summed E-state index contributed by atoms with van der Waals surface area (Å²) < 4.78 is 1.85. The van der Waals surface area contributed by atoms with Crippen LogP contribution in [0.3, 0.4) is 0 Å². The van der Waals surface area contributed by atoms with E-state index in [-0.39, 0.29) is 19.1 Å². The Kier molecular flexibility index (Phi) is 11.6. The molecular weight excluding hydrogens is 508 g/mol. The molecule has 0 aromatic heterocycles. The third-order valence-corrected chi connectivity index (χ3v) is 5.06. The van der Waals surface area contributed by atoms with E-state index in [1.165, 1.54) is 6.92 Å². The van der Waals surface area contributed by atoms with Gasteiger partial charge in [-0.25, -0.2) is 0 Å². The lowest BCUT2D eigenvalue weighted by molar-refractivity contribution is -0.121. The number of aliphatic hydroxyl groups excluding tert-OH is 4. The van der Waals surface area contributed by atoms with Crippen molar-refractivity contribution in [2.24, 2.45) is 5.73 Å². The number of nitrogens with two attached hydrogens (primary N) is 1. The Morgan fingerprint density at radius 2 is 1.31 bits per heavy atom. The molecule has 0 aliphatic heterocycles. The Balaban J connectivity index is 0.000000296. The van der Waals surface area contributed by atoms with Crippen molar-refractivity contribution in [1.82, 2.24) is 5.32 Å². The summed E-state index contributed by atoms with van der Waals surface area (Å²) >= 11 is 6.57. The topological polar surface area (TPSA) is 136 Å². The SMILES string of the molecule is CC(=O)N[C@H](CO)[C@H](O)c1ccc(Br)cc1.N[C@H](CO)[C@H](O)c1ccc(Br)cc1. The van der Waals surface area contributed by atoms with Crippen molar-refractivity contribution >= 4 is 37.8 Å². The van der Waals surface area contributed by atoms with Crippen molar-refractivity contribution in [3.05, 3.63) is 68.6 Å². The van der Waals surface area contributed by atoms with Crippen LogP contribution in [0.4, 0.5) is 0 Å². The number of hydrogen-bond acceptors (Lipinski definition) is 6. The van der Waals surface area contributed by atoms with Gasteiger partial charge in [0.05, 0.1) is 31.4 Å². The lowest BCUT2D eigenvalue weighted by Gasteiger charge is -2.21. The number of amides is 1. The molecule has 0 radical (unpaired) electrons. The summed E-state index contributed by atoms with van der Waals surface area (Å²) in [6.07, 6.45) is -1.72. The van der Waals surface area contributed by atoms with Gasteiger partial charge in [0.1, 0.15) is 6.10 Å². The van der Waals surface area contributed by atoms with Crippen LogP contribution >= 0.6 is 31.9 Å². The van der Waals surface area contributed by atoms with E-state index < -0.39 is 24.3 Å². The zero-order valence-electron chi connectivity index (χ0n) is 15.9. The third kappa shape index (κ3) is 8.91. The molecule has 0 bridgehead atoms. The first kappa shape index (κ1) is 25.7. The van der Waals surface area contributed by atoms with Gasteiger partial charge in [-0.2, -0.15) is 0 Å². The van der Waals surface area contributed by atoms with E-state index in [2.05, 4.69) is 37.2 Å². The molecule has 0 aliphatic carbocycles. The number of halogens is 2. The first-order valence-corrected chi connectivity index (χ1v) is 10.4. The van der Waals surface area contributed by atoms with Crippen LogP contribution in [0.1, 0.15) is 30.3 Å². The van der Waals surface area contributed by atoms with Gasteiger partial charge in [0.2, 0.25) is 5.91 Å². The van der Waals surface area contributed by atoms with Gasteiger partial charge in [0.15, 0.2) is 0 Å². The minimum atomic E-state index is -0.915. The molecule has 0 unspecified atom stereocenters. The second-order valence-corrected chi connectivity index (χ2v) is 8.16. The number of aliphatic hydroxyl groups is 4. The summed E-state index contributed by atoms with van der Waals surface area (Å²) in [5.74, 6) is -0.282. The molecule has 2 aromatic carbocycles. The van der Waals surface area contributed by atoms with Crippen LogP contribution in [0.2, 0.25) is 0 Å². The maximum absolute atomic E-state index is 10.9. The summed E-state index contributed by atoms with van der Waals surface area (Å²) in [6.45, 7) is 0.811. The fraction of sp³-hybridized carbons (Fsp3) is 0.350. The quantitative estimate of drug-likeness (QED) is 0.321. The Morgan fingerprint density at radius 1 is 0.897 bits per heavy atom. The molecule has 2 aromatic rings. The highest BCUT2D eigenvalue weighted by Crippen LogP contribution is 2.20. The van der Waals surface area contributed by atoms with Crippen molar-refractivity contribution < 1.29 is 25.2 Å². The summed E-state index contributed by atoms with van der Waals surface area (Å²) in [6, 6.07) is 12.9. The molecule has 7 N–H and O–H groups in total. The molecule has 0 spiro atoms. The third-order valence-electron chi connectivity index (χ3n) is 4.01. The average Bonchev–Trinajstić information content (AvgIpc) is 2.71. The summed E-state index contributed by atoms with van der Waals surface area (Å²) in [5.41, 5.74) is 6.84. The van der Waals surface area contributed by atoms with E-state index in [0.29, 0.717) is 11.1 Å². The van der Waals surface area contributed by atoms with Crippen molar-refractivity contribution in [3.8, 4) is 0 Å². The lowest BCUT2D eigenvalue weighted by atomic mass is 10.0. The highest BCUT2D eigenvalue weighted by atomic mass is 79.9. The molecule has 4 atom stereocenters. The maximum atomic E-state index is 10.9. The molecule has 0 saturated heterocycles.